The standard InChI is InChI=1S/C10H18O8/c1-4(2-6(12)13)17-10-9(16)8(15)7(14)5(3-11)18-10/h4-5,7-11,14-16H,2-3H2,1H3,(H,12,13)/t4?,5-,7-,8+,9+,10+/m1/s1. The number of ether oxygens (including phenoxy) is 2. The lowest BCUT2D eigenvalue weighted by Gasteiger charge is -2.40. The molecule has 0 radical (unpaired) electrons. The van der Waals surface area contributed by atoms with Gasteiger partial charge in [0.05, 0.1) is 19.1 Å². The second-order valence-corrected chi connectivity index (χ2v) is 4.24. The van der Waals surface area contributed by atoms with Crippen molar-refractivity contribution in [2.45, 2.75) is 50.2 Å². The molecule has 0 amide bonds. The zero-order valence-electron chi connectivity index (χ0n) is 9.84. The van der Waals surface area contributed by atoms with E-state index in [-0.39, 0.29) is 6.42 Å². The topological polar surface area (TPSA) is 137 Å². The van der Waals surface area contributed by atoms with Gasteiger partial charge in [-0.1, -0.05) is 0 Å². The summed E-state index contributed by atoms with van der Waals surface area (Å²) in [5.41, 5.74) is 0. The predicted molar refractivity (Wildman–Crippen MR) is 56.6 cm³/mol. The Hall–Kier alpha value is -0.770. The van der Waals surface area contributed by atoms with Crippen molar-refractivity contribution in [3.63, 3.8) is 0 Å². The van der Waals surface area contributed by atoms with Crippen molar-refractivity contribution in [1.82, 2.24) is 0 Å². The fourth-order valence-corrected chi connectivity index (χ4v) is 1.70. The van der Waals surface area contributed by atoms with Crippen molar-refractivity contribution < 1.29 is 39.8 Å². The molecule has 106 valence electrons. The minimum absolute atomic E-state index is 0.297. The van der Waals surface area contributed by atoms with Crippen molar-refractivity contribution in [3.8, 4) is 0 Å². The molecule has 1 rings (SSSR count). The van der Waals surface area contributed by atoms with E-state index >= 15 is 0 Å². The molecule has 0 spiro atoms. The molecular weight excluding hydrogens is 248 g/mol. The van der Waals surface area contributed by atoms with Crippen molar-refractivity contribution in [2.75, 3.05) is 6.61 Å². The Morgan fingerprint density at radius 1 is 1.28 bits per heavy atom. The first-order valence-corrected chi connectivity index (χ1v) is 5.54. The van der Waals surface area contributed by atoms with Crippen LogP contribution in [0.2, 0.25) is 0 Å². The first kappa shape index (κ1) is 15.3. The normalized spacial score (nSPS) is 38.4. The van der Waals surface area contributed by atoms with Gasteiger partial charge in [0.25, 0.3) is 0 Å². The minimum Gasteiger partial charge on any atom is -0.481 e. The number of aliphatic hydroxyl groups excluding tert-OH is 4. The lowest BCUT2D eigenvalue weighted by atomic mass is 9.99. The van der Waals surface area contributed by atoms with Crippen LogP contribution in [0, 0.1) is 0 Å². The maximum absolute atomic E-state index is 10.5. The zero-order chi connectivity index (χ0) is 13.9. The molecule has 1 heterocycles. The summed E-state index contributed by atoms with van der Waals surface area (Å²) in [6.45, 7) is 0.910. The fraction of sp³-hybridized carbons (Fsp3) is 0.900. The summed E-state index contributed by atoms with van der Waals surface area (Å²) in [6, 6.07) is 0. The third-order valence-corrected chi connectivity index (χ3v) is 2.68. The molecule has 0 aliphatic carbocycles. The first-order valence-electron chi connectivity index (χ1n) is 5.54. The Kier molecular flexibility index (Phi) is 5.45. The van der Waals surface area contributed by atoms with Gasteiger partial charge < -0.3 is 35.0 Å². The molecule has 1 unspecified atom stereocenters. The Balaban J connectivity index is 2.61. The molecule has 0 bridgehead atoms. The Bertz CT molecular complexity index is 281. The number of carboxylic acid groups (broad SMARTS) is 1. The molecule has 8 nitrogen and oxygen atoms in total. The van der Waals surface area contributed by atoms with Crippen LogP contribution in [0.1, 0.15) is 13.3 Å². The summed E-state index contributed by atoms with van der Waals surface area (Å²) in [4.78, 5) is 10.5. The van der Waals surface area contributed by atoms with E-state index in [1.54, 1.807) is 0 Å². The number of carboxylic acids is 1. The smallest absolute Gasteiger partial charge is 0.305 e. The highest BCUT2D eigenvalue weighted by Gasteiger charge is 2.44. The van der Waals surface area contributed by atoms with Gasteiger partial charge in [-0.3, -0.25) is 4.79 Å². The lowest BCUT2D eigenvalue weighted by molar-refractivity contribution is -0.310. The molecule has 0 aromatic rings. The van der Waals surface area contributed by atoms with Gasteiger partial charge in [0.15, 0.2) is 6.29 Å². The molecular formula is C10H18O8. The summed E-state index contributed by atoms with van der Waals surface area (Å²) >= 11 is 0. The summed E-state index contributed by atoms with van der Waals surface area (Å²) < 4.78 is 10.2. The number of carbonyl (C=O) groups is 1. The first-order chi connectivity index (χ1) is 8.36. The zero-order valence-corrected chi connectivity index (χ0v) is 9.84. The summed E-state index contributed by atoms with van der Waals surface area (Å²) in [5.74, 6) is -1.08. The SMILES string of the molecule is CC(CC(=O)O)O[C@H]1O[C@H](CO)[C@@H](O)[C@H](O)[C@@H]1O. The quantitative estimate of drug-likeness (QED) is 0.373. The molecule has 18 heavy (non-hydrogen) atoms. The highest BCUT2D eigenvalue weighted by molar-refractivity contribution is 5.67. The molecule has 8 heteroatoms. The summed E-state index contributed by atoms with van der Waals surface area (Å²) in [7, 11) is 0. The van der Waals surface area contributed by atoms with Gasteiger partial charge in [0.2, 0.25) is 0 Å². The fourth-order valence-electron chi connectivity index (χ4n) is 1.70. The van der Waals surface area contributed by atoms with E-state index in [1.165, 1.54) is 6.92 Å². The lowest BCUT2D eigenvalue weighted by Crippen LogP contribution is -2.59. The van der Waals surface area contributed by atoms with Gasteiger partial charge in [-0.15, -0.1) is 0 Å². The van der Waals surface area contributed by atoms with E-state index in [4.69, 9.17) is 19.7 Å². The van der Waals surface area contributed by atoms with E-state index in [0.29, 0.717) is 0 Å². The number of aliphatic carboxylic acids is 1. The molecule has 1 fully saturated rings. The Morgan fingerprint density at radius 3 is 2.39 bits per heavy atom. The van der Waals surface area contributed by atoms with Crippen LogP contribution in [0.4, 0.5) is 0 Å². The Morgan fingerprint density at radius 2 is 1.89 bits per heavy atom. The van der Waals surface area contributed by atoms with E-state index in [2.05, 4.69) is 0 Å². The highest BCUT2D eigenvalue weighted by Crippen LogP contribution is 2.23. The van der Waals surface area contributed by atoms with Gasteiger partial charge in [-0.25, -0.2) is 0 Å². The molecule has 1 aliphatic heterocycles. The summed E-state index contributed by atoms with van der Waals surface area (Å²) in [6.07, 6.45) is -7.91. The molecule has 0 aromatic heterocycles. The second kappa shape index (κ2) is 6.41. The third-order valence-electron chi connectivity index (χ3n) is 2.68. The average molecular weight is 266 g/mol. The maximum Gasteiger partial charge on any atom is 0.305 e. The number of aliphatic hydroxyl groups is 4. The molecule has 0 saturated carbocycles. The third kappa shape index (κ3) is 3.61. The average Bonchev–Trinajstić information content (AvgIpc) is 2.29. The van der Waals surface area contributed by atoms with Crippen LogP contribution in [0.3, 0.4) is 0 Å². The van der Waals surface area contributed by atoms with Crippen LogP contribution in [0.5, 0.6) is 0 Å². The van der Waals surface area contributed by atoms with Gasteiger partial charge in [-0.2, -0.15) is 0 Å². The van der Waals surface area contributed by atoms with Crippen LogP contribution in [-0.2, 0) is 14.3 Å². The second-order valence-electron chi connectivity index (χ2n) is 4.24. The van der Waals surface area contributed by atoms with E-state index in [0.717, 1.165) is 0 Å². The number of hydrogen-bond donors (Lipinski definition) is 5. The monoisotopic (exact) mass is 266 g/mol. The van der Waals surface area contributed by atoms with E-state index in [1.807, 2.05) is 0 Å². The minimum atomic E-state index is -1.53. The van der Waals surface area contributed by atoms with Crippen molar-refractivity contribution in [3.05, 3.63) is 0 Å². The van der Waals surface area contributed by atoms with Crippen molar-refractivity contribution in [2.24, 2.45) is 0 Å². The molecule has 6 atom stereocenters. The van der Waals surface area contributed by atoms with Gasteiger partial charge in [-0.05, 0) is 6.92 Å². The van der Waals surface area contributed by atoms with Gasteiger partial charge in [0.1, 0.15) is 24.4 Å². The Labute approximate surface area is 103 Å². The molecule has 1 aliphatic rings. The van der Waals surface area contributed by atoms with Crippen LogP contribution < -0.4 is 0 Å². The van der Waals surface area contributed by atoms with Crippen LogP contribution in [0.15, 0.2) is 0 Å². The van der Waals surface area contributed by atoms with Crippen molar-refractivity contribution >= 4 is 5.97 Å². The number of hydrogen-bond acceptors (Lipinski definition) is 7. The molecule has 5 N–H and O–H groups in total. The van der Waals surface area contributed by atoms with Gasteiger partial charge in [0, 0.05) is 0 Å². The predicted octanol–water partition coefficient (Wildman–Crippen LogP) is -2.33. The van der Waals surface area contributed by atoms with E-state index in [9.17, 15) is 20.1 Å². The van der Waals surface area contributed by atoms with Crippen molar-refractivity contribution in [1.29, 1.82) is 0 Å². The van der Waals surface area contributed by atoms with E-state index < -0.39 is 49.4 Å². The van der Waals surface area contributed by atoms with Crippen LogP contribution in [0.25, 0.3) is 0 Å². The van der Waals surface area contributed by atoms with Gasteiger partial charge >= 0.3 is 5.97 Å². The summed E-state index contributed by atoms with van der Waals surface area (Å²) in [5, 5.41) is 46.1. The van der Waals surface area contributed by atoms with Crippen LogP contribution >= 0.6 is 0 Å². The molecule has 1 saturated heterocycles. The molecule has 0 aromatic carbocycles. The number of rotatable bonds is 5. The highest BCUT2D eigenvalue weighted by atomic mass is 16.7. The largest absolute Gasteiger partial charge is 0.481 e. The van der Waals surface area contributed by atoms with Crippen LogP contribution in [-0.4, -0.2) is 74.9 Å². The maximum atomic E-state index is 10.5.